The predicted octanol–water partition coefficient (Wildman–Crippen LogP) is 2.30. The van der Waals surface area contributed by atoms with Gasteiger partial charge in [0.05, 0.1) is 12.3 Å². The van der Waals surface area contributed by atoms with Gasteiger partial charge < -0.3 is 15.8 Å². The lowest BCUT2D eigenvalue weighted by molar-refractivity contribution is 0.263. The Balaban J connectivity index is 2.69. The Morgan fingerprint density at radius 2 is 2.31 bits per heavy atom. The highest BCUT2D eigenvalue weighted by molar-refractivity contribution is 5.53. The summed E-state index contributed by atoms with van der Waals surface area (Å²) in [7, 11) is 0. The second-order valence-electron chi connectivity index (χ2n) is 3.97. The average molecular weight is 221 g/mol. The molecule has 4 nitrogen and oxygen atoms in total. The number of nitrogens with one attached hydrogen (secondary N) is 1. The monoisotopic (exact) mass is 221 g/mol. The number of rotatable bonds is 6. The molecular weight excluding hydrogens is 202 g/mol. The van der Waals surface area contributed by atoms with Crippen LogP contribution in [0.3, 0.4) is 0 Å². The van der Waals surface area contributed by atoms with Gasteiger partial charge in [-0.05, 0) is 18.1 Å². The van der Waals surface area contributed by atoms with E-state index in [1.54, 1.807) is 12.1 Å². The predicted molar refractivity (Wildman–Crippen MR) is 67.7 cm³/mol. The fourth-order valence-corrected chi connectivity index (χ4v) is 1.09. The molecule has 1 aromatic rings. The Morgan fingerprint density at radius 3 is 2.94 bits per heavy atom. The first kappa shape index (κ1) is 12.4. The van der Waals surface area contributed by atoms with Crippen molar-refractivity contribution in [3.8, 4) is 5.88 Å². The number of anilines is 2. The van der Waals surface area contributed by atoms with Crippen molar-refractivity contribution in [1.82, 2.24) is 4.98 Å². The van der Waals surface area contributed by atoms with Crippen LogP contribution in [0.25, 0.3) is 0 Å². The molecule has 1 rings (SSSR count). The first-order valence-electron chi connectivity index (χ1n) is 5.37. The lowest BCUT2D eigenvalue weighted by Gasteiger charge is -2.11. The van der Waals surface area contributed by atoms with Crippen molar-refractivity contribution in [2.75, 3.05) is 24.2 Å². The van der Waals surface area contributed by atoms with Gasteiger partial charge in [-0.3, -0.25) is 0 Å². The van der Waals surface area contributed by atoms with Crippen molar-refractivity contribution in [3.63, 3.8) is 0 Å². The number of pyridine rings is 1. The molecular formula is C12H19N3O. The summed E-state index contributed by atoms with van der Waals surface area (Å²) in [5, 5.41) is 3.08. The molecule has 1 heterocycles. The number of nitrogen functional groups attached to an aromatic ring is 1. The van der Waals surface area contributed by atoms with Crippen LogP contribution >= 0.6 is 0 Å². The Kier molecular flexibility index (Phi) is 4.64. The molecule has 0 fully saturated rings. The zero-order valence-corrected chi connectivity index (χ0v) is 9.86. The highest BCUT2D eigenvalue weighted by atomic mass is 16.5. The van der Waals surface area contributed by atoms with Crippen LogP contribution in [0, 0.1) is 5.92 Å². The van der Waals surface area contributed by atoms with Gasteiger partial charge in [0.15, 0.2) is 0 Å². The van der Waals surface area contributed by atoms with E-state index >= 15 is 0 Å². The lowest BCUT2D eigenvalue weighted by atomic mass is 10.2. The minimum absolute atomic E-state index is 0.450. The highest BCUT2D eigenvalue weighted by Crippen LogP contribution is 2.21. The maximum atomic E-state index is 5.77. The standard InChI is InChI=1S/C12H19N3O/c1-4-7-14-11-6-5-10(13)12(15-11)16-8-9(2)3/h4-6,9H,1,7-8,13H2,2-3H3,(H,14,15). The fraction of sp³-hybridized carbons (Fsp3) is 0.417. The molecule has 0 saturated heterocycles. The molecule has 4 heteroatoms. The van der Waals surface area contributed by atoms with Crippen LogP contribution in [0.2, 0.25) is 0 Å². The Hall–Kier alpha value is -1.71. The Morgan fingerprint density at radius 1 is 1.56 bits per heavy atom. The van der Waals surface area contributed by atoms with Gasteiger partial charge in [-0.25, -0.2) is 0 Å². The van der Waals surface area contributed by atoms with E-state index in [2.05, 4.69) is 30.7 Å². The normalized spacial score (nSPS) is 10.2. The molecule has 0 aliphatic carbocycles. The number of hydrogen-bond donors (Lipinski definition) is 2. The molecule has 88 valence electrons. The van der Waals surface area contributed by atoms with E-state index in [9.17, 15) is 0 Å². The van der Waals surface area contributed by atoms with Crippen molar-refractivity contribution < 1.29 is 4.74 Å². The van der Waals surface area contributed by atoms with Crippen molar-refractivity contribution in [1.29, 1.82) is 0 Å². The Bertz CT molecular complexity index is 350. The molecule has 0 amide bonds. The van der Waals surface area contributed by atoms with E-state index in [4.69, 9.17) is 10.5 Å². The summed E-state index contributed by atoms with van der Waals surface area (Å²) in [6.07, 6.45) is 1.77. The first-order chi connectivity index (χ1) is 7.63. The smallest absolute Gasteiger partial charge is 0.239 e. The van der Waals surface area contributed by atoms with E-state index < -0.39 is 0 Å². The molecule has 0 spiro atoms. The molecule has 0 aromatic carbocycles. The molecule has 0 aliphatic rings. The van der Waals surface area contributed by atoms with Gasteiger partial charge >= 0.3 is 0 Å². The summed E-state index contributed by atoms with van der Waals surface area (Å²) in [6.45, 7) is 9.07. The fourth-order valence-electron chi connectivity index (χ4n) is 1.09. The molecule has 0 bridgehead atoms. The minimum Gasteiger partial charge on any atom is -0.476 e. The molecule has 3 N–H and O–H groups in total. The molecule has 1 aromatic heterocycles. The van der Waals surface area contributed by atoms with Gasteiger partial charge in [0.25, 0.3) is 0 Å². The van der Waals surface area contributed by atoms with Gasteiger partial charge in [-0.2, -0.15) is 4.98 Å². The number of hydrogen-bond acceptors (Lipinski definition) is 4. The molecule has 0 unspecified atom stereocenters. The summed E-state index contributed by atoms with van der Waals surface area (Å²) >= 11 is 0. The van der Waals surface area contributed by atoms with Gasteiger partial charge in [0, 0.05) is 6.54 Å². The molecule has 0 aliphatic heterocycles. The average Bonchev–Trinajstić information content (AvgIpc) is 2.26. The number of ether oxygens (including phenoxy) is 1. The van der Waals surface area contributed by atoms with Crippen LogP contribution < -0.4 is 15.8 Å². The van der Waals surface area contributed by atoms with Crippen molar-refractivity contribution >= 4 is 11.5 Å². The summed E-state index contributed by atoms with van der Waals surface area (Å²) in [5.41, 5.74) is 6.33. The largest absolute Gasteiger partial charge is 0.476 e. The van der Waals surface area contributed by atoms with Crippen LogP contribution in [-0.2, 0) is 0 Å². The highest BCUT2D eigenvalue weighted by Gasteiger charge is 2.05. The van der Waals surface area contributed by atoms with Crippen molar-refractivity contribution in [2.45, 2.75) is 13.8 Å². The molecule has 0 saturated carbocycles. The van der Waals surface area contributed by atoms with Crippen LogP contribution in [0.4, 0.5) is 11.5 Å². The minimum atomic E-state index is 0.450. The van der Waals surface area contributed by atoms with Crippen LogP contribution in [0.15, 0.2) is 24.8 Å². The van der Waals surface area contributed by atoms with Crippen molar-refractivity contribution in [3.05, 3.63) is 24.8 Å². The van der Waals surface area contributed by atoms with Crippen LogP contribution in [0.5, 0.6) is 5.88 Å². The van der Waals surface area contributed by atoms with E-state index in [0.29, 0.717) is 30.6 Å². The third-order valence-electron chi connectivity index (χ3n) is 1.87. The zero-order chi connectivity index (χ0) is 12.0. The summed E-state index contributed by atoms with van der Waals surface area (Å²) in [6, 6.07) is 3.61. The quantitative estimate of drug-likeness (QED) is 0.724. The van der Waals surface area contributed by atoms with Crippen LogP contribution in [0.1, 0.15) is 13.8 Å². The van der Waals surface area contributed by atoms with E-state index in [1.165, 1.54) is 0 Å². The van der Waals surface area contributed by atoms with Gasteiger partial charge in [-0.15, -0.1) is 6.58 Å². The maximum Gasteiger partial charge on any atom is 0.239 e. The summed E-state index contributed by atoms with van der Waals surface area (Å²) in [4.78, 5) is 4.28. The number of aromatic nitrogens is 1. The second kappa shape index (κ2) is 6.00. The third kappa shape index (κ3) is 3.81. The third-order valence-corrected chi connectivity index (χ3v) is 1.87. The first-order valence-corrected chi connectivity index (χ1v) is 5.37. The SMILES string of the molecule is C=CCNc1ccc(N)c(OCC(C)C)n1. The Labute approximate surface area is 96.5 Å². The second-order valence-corrected chi connectivity index (χ2v) is 3.97. The maximum absolute atomic E-state index is 5.77. The molecule has 0 atom stereocenters. The van der Waals surface area contributed by atoms with E-state index in [1.807, 2.05) is 6.07 Å². The zero-order valence-electron chi connectivity index (χ0n) is 9.86. The van der Waals surface area contributed by atoms with Gasteiger partial charge in [-0.1, -0.05) is 19.9 Å². The lowest BCUT2D eigenvalue weighted by Crippen LogP contribution is -2.09. The van der Waals surface area contributed by atoms with Crippen LogP contribution in [-0.4, -0.2) is 18.1 Å². The molecule has 0 radical (unpaired) electrons. The van der Waals surface area contributed by atoms with Gasteiger partial charge in [0.1, 0.15) is 5.82 Å². The topological polar surface area (TPSA) is 60.2 Å². The van der Waals surface area contributed by atoms with Gasteiger partial charge in [0.2, 0.25) is 5.88 Å². The number of nitrogens with zero attached hydrogens (tertiary/aromatic N) is 1. The number of nitrogens with two attached hydrogens (primary N) is 1. The summed E-state index contributed by atoms with van der Waals surface area (Å²) in [5.74, 6) is 1.68. The summed E-state index contributed by atoms with van der Waals surface area (Å²) < 4.78 is 5.52. The van der Waals surface area contributed by atoms with E-state index in [-0.39, 0.29) is 0 Å². The molecule has 16 heavy (non-hydrogen) atoms. The van der Waals surface area contributed by atoms with Crippen molar-refractivity contribution in [2.24, 2.45) is 5.92 Å². The van der Waals surface area contributed by atoms with E-state index in [0.717, 1.165) is 5.82 Å².